The number of aryl methyl sites for hydroxylation is 1. The predicted molar refractivity (Wildman–Crippen MR) is 122 cm³/mol. The van der Waals surface area contributed by atoms with Gasteiger partial charge in [-0.2, -0.15) is 0 Å². The van der Waals surface area contributed by atoms with Gasteiger partial charge in [-0.3, -0.25) is 19.3 Å². The van der Waals surface area contributed by atoms with E-state index in [9.17, 15) is 14.4 Å². The van der Waals surface area contributed by atoms with Crippen molar-refractivity contribution in [1.82, 2.24) is 0 Å². The number of hydrogen-bond acceptors (Lipinski definition) is 3. The molecule has 31 heavy (non-hydrogen) atoms. The molecule has 0 radical (unpaired) electrons. The first-order chi connectivity index (χ1) is 14.9. The fraction of sp³-hybridized carbons (Fsp3) is 0.125. The third-order valence-corrected chi connectivity index (χ3v) is 5.28. The first-order valence-corrected chi connectivity index (χ1v) is 10.2. The molecule has 0 saturated carbocycles. The summed E-state index contributed by atoms with van der Waals surface area (Å²) in [6, 6.07) is 19.9. The summed E-state index contributed by atoms with van der Waals surface area (Å²) < 4.78 is 0. The summed E-state index contributed by atoms with van der Waals surface area (Å²) in [6.45, 7) is 1.93. The second kappa shape index (κ2) is 8.62. The van der Waals surface area contributed by atoms with Crippen molar-refractivity contribution < 1.29 is 14.4 Å². The number of anilines is 3. The normalized spacial score (nSPS) is 15.1. The maximum absolute atomic E-state index is 13.4. The van der Waals surface area contributed by atoms with E-state index in [0.29, 0.717) is 27.6 Å². The molecule has 1 aliphatic heterocycles. The predicted octanol–water partition coefficient (Wildman–Crippen LogP) is 4.64. The van der Waals surface area contributed by atoms with Crippen LogP contribution in [-0.4, -0.2) is 23.8 Å². The molecule has 3 amide bonds. The van der Waals surface area contributed by atoms with Crippen LogP contribution in [0.1, 0.15) is 22.3 Å². The SMILES string of the molecule is Cc1ccc(C(=O)N2c3ccccc3NC(=O)C2CC(=O)Nc2cccc(Cl)c2)cc1. The van der Waals surface area contributed by atoms with Crippen LogP contribution in [0.3, 0.4) is 0 Å². The first-order valence-electron chi connectivity index (χ1n) is 9.78. The minimum atomic E-state index is -0.997. The molecule has 1 heterocycles. The van der Waals surface area contributed by atoms with E-state index < -0.39 is 17.9 Å². The number of benzene rings is 3. The summed E-state index contributed by atoms with van der Waals surface area (Å²) in [6.07, 6.45) is -0.204. The molecule has 1 atom stereocenters. The van der Waals surface area contributed by atoms with Crippen LogP contribution in [-0.2, 0) is 9.59 Å². The molecule has 156 valence electrons. The van der Waals surface area contributed by atoms with Gasteiger partial charge in [-0.1, -0.05) is 47.5 Å². The van der Waals surface area contributed by atoms with Crippen molar-refractivity contribution in [2.75, 3.05) is 15.5 Å². The van der Waals surface area contributed by atoms with E-state index >= 15 is 0 Å². The van der Waals surface area contributed by atoms with Gasteiger partial charge in [0.05, 0.1) is 17.8 Å². The van der Waals surface area contributed by atoms with Crippen molar-refractivity contribution in [3.63, 3.8) is 0 Å². The van der Waals surface area contributed by atoms with Gasteiger partial charge in [0.1, 0.15) is 6.04 Å². The molecular formula is C24H20ClN3O3. The molecule has 1 aliphatic rings. The number of carbonyl (C=O) groups excluding carboxylic acids is 3. The van der Waals surface area contributed by atoms with Crippen LogP contribution in [0, 0.1) is 6.92 Å². The number of nitrogens with one attached hydrogen (secondary N) is 2. The van der Waals surface area contributed by atoms with Crippen LogP contribution in [0.5, 0.6) is 0 Å². The van der Waals surface area contributed by atoms with Crippen molar-refractivity contribution in [3.05, 3.63) is 88.9 Å². The van der Waals surface area contributed by atoms with Crippen LogP contribution >= 0.6 is 11.6 Å². The molecule has 1 unspecified atom stereocenters. The zero-order valence-electron chi connectivity index (χ0n) is 16.8. The van der Waals surface area contributed by atoms with E-state index in [1.807, 2.05) is 19.1 Å². The molecule has 6 nitrogen and oxygen atoms in total. The fourth-order valence-corrected chi connectivity index (χ4v) is 3.70. The number of hydrogen-bond donors (Lipinski definition) is 2. The molecule has 7 heteroatoms. The highest BCUT2D eigenvalue weighted by Gasteiger charge is 2.38. The summed E-state index contributed by atoms with van der Waals surface area (Å²) >= 11 is 5.97. The Morgan fingerprint density at radius 1 is 1.03 bits per heavy atom. The van der Waals surface area contributed by atoms with E-state index in [0.717, 1.165) is 5.56 Å². The molecule has 0 aromatic heterocycles. The second-order valence-corrected chi connectivity index (χ2v) is 7.76. The monoisotopic (exact) mass is 433 g/mol. The fourth-order valence-electron chi connectivity index (χ4n) is 3.51. The number of halogens is 1. The molecule has 3 aromatic carbocycles. The van der Waals surface area contributed by atoms with Gasteiger partial charge in [0.15, 0.2) is 0 Å². The van der Waals surface area contributed by atoms with Crippen LogP contribution in [0.4, 0.5) is 17.1 Å². The topological polar surface area (TPSA) is 78.5 Å². The quantitative estimate of drug-likeness (QED) is 0.628. The van der Waals surface area contributed by atoms with Gasteiger partial charge in [0.2, 0.25) is 11.8 Å². The summed E-state index contributed by atoms with van der Waals surface area (Å²) in [5, 5.41) is 6.02. The highest BCUT2D eigenvalue weighted by molar-refractivity contribution is 6.31. The lowest BCUT2D eigenvalue weighted by atomic mass is 10.0. The van der Waals surface area contributed by atoms with E-state index in [2.05, 4.69) is 10.6 Å². The average Bonchev–Trinajstić information content (AvgIpc) is 2.74. The van der Waals surface area contributed by atoms with Crippen LogP contribution in [0.15, 0.2) is 72.8 Å². The Morgan fingerprint density at radius 3 is 2.52 bits per heavy atom. The molecule has 3 aromatic rings. The molecule has 0 saturated heterocycles. The lowest BCUT2D eigenvalue weighted by molar-refractivity contribution is -0.122. The maximum atomic E-state index is 13.4. The lowest BCUT2D eigenvalue weighted by Crippen LogP contribution is -2.52. The van der Waals surface area contributed by atoms with Crippen molar-refractivity contribution in [2.24, 2.45) is 0 Å². The van der Waals surface area contributed by atoms with Gasteiger partial charge < -0.3 is 10.6 Å². The van der Waals surface area contributed by atoms with Gasteiger partial charge in [-0.25, -0.2) is 0 Å². The van der Waals surface area contributed by atoms with E-state index in [-0.39, 0.29) is 12.3 Å². The van der Waals surface area contributed by atoms with Crippen molar-refractivity contribution in [2.45, 2.75) is 19.4 Å². The van der Waals surface area contributed by atoms with Gasteiger partial charge in [0.25, 0.3) is 5.91 Å². The second-order valence-electron chi connectivity index (χ2n) is 7.33. The van der Waals surface area contributed by atoms with Crippen molar-refractivity contribution in [1.29, 1.82) is 0 Å². The van der Waals surface area contributed by atoms with Crippen molar-refractivity contribution in [3.8, 4) is 0 Å². The smallest absolute Gasteiger partial charge is 0.259 e. The Hall–Kier alpha value is -3.64. The molecule has 4 rings (SSSR count). The zero-order chi connectivity index (χ0) is 22.0. The van der Waals surface area contributed by atoms with Crippen LogP contribution < -0.4 is 15.5 Å². The highest BCUT2D eigenvalue weighted by Crippen LogP contribution is 2.34. The molecule has 0 spiro atoms. The largest absolute Gasteiger partial charge is 0.326 e. The van der Waals surface area contributed by atoms with Gasteiger partial charge in [-0.05, 0) is 49.4 Å². The summed E-state index contributed by atoms with van der Waals surface area (Å²) in [4.78, 5) is 40.4. The minimum absolute atomic E-state index is 0.204. The molecular weight excluding hydrogens is 414 g/mol. The standard InChI is InChI=1S/C24H20ClN3O3/c1-15-9-11-16(12-10-15)24(31)28-20-8-3-2-7-19(20)27-23(30)21(28)14-22(29)26-18-6-4-5-17(25)13-18/h2-13,21H,14H2,1H3,(H,26,29)(H,27,30). The number of rotatable bonds is 4. The lowest BCUT2D eigenvalue weighted by Gasteiger charge is -2.36. The van der Waals surface area contributed by atoms with Gasteiger partial charge >= 0.3 is 0 Å². The third-order valence-electron chi connectivity index (χ3n) is 5.04. The van der Waals surface area contributed by atoms with Gasteiger partial charge in [-0.15, -0.1) is 0 Å². The molecule has 0 bridgehead atoms. The van der Waals surface area contributed by atoms with E-state index in [1.165, 1.54) is 4.90 Å². The number of carbonyl (C=O) groups is 3. The van der Waals surface area contributed by atoms with Crippen molar-refractivity contribution >= 4 is 46.4 Å². The Kier molecular flexibility index (Phi) is 5.73. The number of nitrogens with zero attached hydrogens (tertiary/aromatic N) is 1. The Bertz CT molecular complexity index is 1160. The average molecular weight is 434 g/mol. The van der Waals surface area contributed by atoms with E-state index in [4.69, 9.17) is 11.6 Å². The van der Waals surface area contributed by atoms with Crippen LogP contribution in [0.25, 0.3) is 0 Å². The first kappa shape index (κ1) is 20.6. The minimum Gasteiger partial charge on any atom is -0.326 e. The summed E-state index contributed by atoms with van der Waals surface area (Å²) in [5.74, 6) is -1.16. The van der Waals surface area contributed by atoms with E-state index in [1.54, 1.807) is 60.7 Å². The Morgan fingerprint density at radius 2 is 1.77 bits per heavy atom. The summed E-state index contributed by atoms with van der Waals surface area (Å²) in [5.41, 5.74) is 3.05. The number of amides is 3. The molecule has 2 N–H and O–H groups in total. The van der Waals surface area contributed by atoms with Gasteiger partial charge in [0, 0.05) is 16.3 Å². The highest BCUT2D eigenvalue weighted by atomic mass is 35.5. The maximum Gasteiger partial charge on any atom is 0.259 e. The third kappa shape index (κ3) is 4.44. The molecule has 0 aliphatic carbocycles. The number of para-hydroxylation sites is 2. The summed E-state index contributed by atoms with van der Waals surface area (Å²) in [7, 11) is 0. The number of fused-ring (bicyclic) bond motifs is 1. The Labute approximate surface area is 184 Å². The zero-order valence-corrected chi connectivity index (χ0v) is 17.5. The molecule has 0 fully saturated rings. The Balaban J connectivity index is 1.65. The van der Waals surface area contributed by atoms with Crippen LogP contribution in [0.2, 0.25) is 5.02 Å².